The fourth-order valence-electron chi connectivity index (χ4n) is 2.99. The zero-order chi connectivity index (χ0) is 21.3. The monoisotopic (exact) mass is 402 g/mol. The van der Waals surface area contributed by atoms with Crippen LogP contribution in [-0.2, 0) is 14.3 Å². The summed E-state index contributed by atoms with van der Waals surface area (Å²) in [6.45, 7) is 0.963. The lowest BCUT2D eigenvalue weighted by Crippen LogP contribution is -2.33. The van der Waals surface area contributed by atoms with Gasteiger partial charge in [0.1, 0.15) is 0 Å². The first-order chi connectivity index (χ1) is 14.5. The molecule has 0 aliphatic rings. The Morgan fingerprint density at radius 1 is 0.833 bits per heavy atom. The zero-order valence-electron chi connectivity index (χ0n) is 16.5. The molecule has 0 saturated heterocycles. The molecule has 0 radical (unpaired) electrons. The summed E-state index contributed by atoms with van der Waals surface area (Å²) < 4.78 is 5.16. The number of carbonyl (C=O) groups is 3. The first-order valence-corrected chi connectivity index (χ1v) is 9.47. The average molecular weight is 402 g/mol. The largest absolute Gasteiger partial charge is 0.452 e. The molecule has 152 valence electrons. The molecule has 0 bridgehead atoms. The van der Waals surface area contributed by atoms with E-state index in [2.05, 4.69) is 10.6 Å². The van der Waals surface area contributed by atoms with Crippen molar-refractivity contribution in [1.82, 2.24) is 5.32 Å². The Morgan fingerprint density at radius 3 is 2.00 bits per heavy atom. The van der Waals surface area contributed by atoms with Crippen LogP contribution in [-0.4, -0.2) is 24.4 Å². The summed E-state index contributed by atoms with van der Waals surface area (Å²) >= 11 is 0. The van der Waals surface area contributed by atoms with Crippen molar-refractivity contribution in [2.75, 3.05) is 11.9 Å². The molecule has 0 atom stereocenters. The minimum absolute atomic E-state index is 0.243. The fraction of sp³-hybridized carbons (Fsp3) is 0.125. The smallest absolute Gasteiger partial charge is 0.338 e. The number of benzene rings is 3. The topological polar surface area (TPSA) is 84.5 Å². The molecule has 3 aromatic rings. The minimum atomic E-state index is -0.645. The second-order valence-electron chi connectivity index (χ2n) is 6.66. The van der Waals surface area contributed by atoms with Gasteiger partial charge in [-0.1, -0.05) is 66.7 Å². The molecule has 3 aromatic carbocycles. The van der Waals surface area contributed by atoms with E-state index in [4.69, 9.17) is 4.74 Å². The van der Waals surface area contributed by atoms with E-state index in [0.29, 0.717) is 5.69 Å². The van der Waals surface area contributed by atoms with E-state index in [9.17, 15) is 14.4 Å². The summed E-state index contributed by atoms with van der Waals surface area (Å²) in [6, 6.07) is 25.1. The van der Waals surface area contributed by atoms with Crippen molar-refractivity contribution < 1.29 is 19.1 Å². The first-order valence-electron chi connectivity index (χ1n) is 9.47. The van der Waals surface area contributed by atoms with Crippen molar-refractivity contribution in [1.29, 1.82) is 0 Å². The number of hydrogen-bond donors (Lipinski definition) is 2. The molecule has 0 heterocycles. The predicted octanol–water partition coefficient (Wildman–Crippen LogP) is 3.71. The van der Waals surface area contributed by atoms with Crippen LogP contribution in [0.3, 0.4) is 0 Å². The number of amides is 2. The highest BCUT2D eigenvalue weighted by atomic mass is 16.5. The molecular formula is C24H22N2O4. The van der Waals surface area contributed by atoms with E-state index in [-0.39, 0.29) is 17.5 Å². The quantitative estimate of drug-likeness (QED) is 0.590. The second kappa shape index (κ2) is 10.0. The highest BCUT2D eigenvalue weighted by Crippen LogP contribution is 2.21. The minimum Gasteiger partial charge on any atom is -0.452 e. The van der Waals surface area contributed by atoms with E-state index in [1.807, 2.05) is 60.7 Å². The van der Waals surface area contributed by atoms with Gasteiger partial charge in [0.05, 0.1) is 11.6 Å². The lowest BCUT2D eigenvalue weighted by molar-refractivity contribution is -0.124. The van der Waals surface area contributed by atoms with Crippen LogP contribution in [0.2, 0.25) is 0 Å². The highest BCUT2D eigenvalue weighted by molar-refractivity contribution is 5.94. The Hall–Kier alpha value is -3.93. The third-order valence-electron chi connectivity index (χ3n) is 4.32. The van der Waals surface area contributed by atoms with Crippen LogP contribution in [0.4, 0.5) is 5.69 Å². The van der Waals surface area contributed by atoms with E-state index in [1.54, 1.807) is 18.2 Å². The lowest BCUT2D eigenvalue weighted by Gasteiger charge is -2.20. The first kappa shape index (κ1) is 20.8. The van der Waals surface area contributed by atoms with Gasteiger partial charge in [-0.3, -0.25) is 9.59 Å². The summed E-state index contributed by atoms with van der Waals surface area (Å²) in [7, 11) is 0. The molecule has 0 unspecified atom stereocenters. The molecule has 2 amide bonds. The predicted molar refractivity (Wildman–Crippen MR) is 114 cm³/mol. The van der Waals surface area contributed by atoms with Crippen molar-refractivity contribution in [3.8, 4) is 0 Å². The van der Waals surface area contributed by atoms with Crippen molar-refractivity contribution in [3.05, 3.63) is 102 Å². The lowest BCUT2D eigenvalue weighted by atomic mass is 9.99. The number of anilines is 1. The summed E-state index contributed by atoms with van der Waals surface area (Å²) in [5, 5.41) is 5.52. The normalized spacial score (nSPS) is 10.3. The summed E-state index contributed by atoms with van der Waals surface area (Å²) in [5.41, 5.74) is 2.57. The van der Waals surface area contributed by atoms with Crippen molar-refractivity contribution in [2.24, 2.45) is 0 Å². The van der Waals surface area contributed by atoms with Gasteiger partial charge >= 0.3 is 5.97 Å². The molecule has 6 heteroatoms. The number of hydrogen-bond acceptors (Lipinski definition) is 4. The molecule has 30 heavy (non-hydrogen) atoms. The van der Waals surface area contributed by atoms with Crippen LogP contribution in [0.5, 0.6) is 0 Å². The van der Waals surface area contributed by atoms with Crippen molar-refractivity contribution >= 4 is 23.5 Å². The Bertz CT molecular complexity index is 980. The maximum Gasteiger partial charge on any atom is 0.338 e. The highest BCUT2D eigenvalue weighted by Gasteiger charge is 2.18. The van der Waals surface area contributed by atoms with Crippen molar-refractivity contribution in [2.45, 2.75) is 13.0 Å². The maximum absolute atomic E-state index is 12.5. The number of ether oxygens (including phenoxy) is 1. The third-order valence-corrected chi connectivity index (χ3v) is 4.32. The van der Waals surface area contributed by atoms with Gasteiger partial charge in [-0.25, -0.2) is 4.79 Å². The molecule has 3 rings (SSSR count). The van der Waals surface area contributed by atoms with Crippen LogP contribution in [0.1, 0.15) is 34.5 Å². The summed E-state index contributed by atoms with van der Waals surface area (Å²) in [6.07, 6.45) is 0. The van der Waals surface area contributed by atoms with Crippen LogP contribution in [0.25, 0.3) is 0 Å². The van der Waals surface area contributed by atoms with Gasteiger partial charge in [-0.15, -0.1) is 0 Å². The molecule has 0 aromatic heterocycles. The Kier molecular flexibility index (Phi) is 6.95. The standard InChI is InChI=1S/C24H22N2O4/c1-17(27)25-21-14-8-13-20(15-21)24(29)30-16-22(28)26-23(18-9-4-2-5-10-18)19-11-6-3-7-12-19/h2-15,23H,16H2,1H3,(H,25,27)(H,26,28). The Labute approximate surface area is 174 Å². The van der Waals surface area contributed by atoms with Gasteiger partial charge in [0.2, 0.25) is 5.91 Å². The molecular weight excluding hydrogens is 380 g/mol. The second-order valence-corrected chi connectivity index (χ2v) is 6.66. The zero-order valence-corrected chi connectivity index (χ0v) is 16.5. The van der Waals surface area contributed by atoms with E-state index >= 15 is 0 Å². The molecule has 6 nitrogen and oxygen atoms in total. The summed E-state index contributed by atoms with van der Waals surface area (Å²) in [5.74, 6) is -1.31. The molecule has 0 spiro atoms. The SMILES string of the molecule is CC(=O)Nc1cccc(C(=O)OCC(=O)NC(c2ccccc2)c2ccccc2)c1. The van der Waals surface area contributed by atoms with Crippen LogP contribution < -0.4 is 10.6 Å². The van der Waals surface area contributed by atoms with E-state index in [0.717, 1.165) is 11.1 Å². The van der Waals surface area contributed by atoms with Gasteiger partial charge in [-0.2, -0.15) is 0 Å². The average Bonchev–Trinajstić information content (AvgIpc) is 2.76. The molecule has 2 N–H and O–H groups in total. The Morgan fingerprint density at radius 2 is 1.43 bits per heavy atom. The molecule has 0 aliphatic heterocycles. The number of nitrogens with one attached hydrogen (secondary N) is 2. The van der Waals surface area contributed by atoms with Gasteiger partial charge in [0.15, 0.2) is 6.61 Å². The fourth-order valence-corrected chi connectivity index (χ4v) is 2.99. The van der Waals surface area contributed by atoms with Crippen LogP contribution in [0, 0.1) is 0 Å². The van der Waals surface area contributed by atoms with Crippen LogP contribution in [0.15, 0.2) is 84.9 Å². The molecule has 0 fully saturated rings. The van der Waals surface area contributed by atoms with Crippen LogP contribution >= 0.6 is 0 Å². The third kappa shape index (κ3) is 5.78. The Balaban J connectivity index is 1.65. The van der Waals surface area contributed by atoms with Gasteiger partial charge in [0, 0.05) is 12.6 Å². The summed E-state index contributed by atoms with van der Waals surface area (Å²) in [4.78, 5) is 36.0. The van der Waals surface area contributed by atoms with Gasteiger partial charge in [-0.05, 0) is 29.3 Å². The number of carbonyl (C=O) groups excluding carboxylic acids is 3. The van der Waals surface area contributed by atoms with E-state index < -0.39 is 18.5 Å². The maximum atomic E-state index is 12.5. The van der Waals surface area contributed by atoms with E-state index in [1.165, 1.54) is 13.0 Å². The number of esters is 1. The van der Waals surface area contributed by atoms with Gasteiger partial charge in [0.25, 0.3) is 5.91 Å². The van der Waals surface area contributed by atoms with Gasteiger partial charge < -0.3 is 15.4 Å². The van der Waals surface area contributed by atoms with Crippen molar-refractivity contribution in [3.63, 3.8) is 0 Å². The molecule has 0 saturated carbocycles. The molecule has 0 aliphatic carbocycles. The number of rotatable bonds is 7.